The summed E-state index contributed by atoms with van der Waals surface area (Å²) in [4.78, 5) is 0. The Kier molecular flexibility index (Phi) is 4.55. The van der Waals surface area contributed by atoms with E-state index in [1.165, 1.54) is 0 Å². The molecule has 0 bridgehead atoms. The van der Waals surface area contributed by atoms with E-state index in [-0.39, 0.29) is 5.92 Å². The van der Waals surface area contributed by atoms with Crippen molar-refractivity contribution in [1.29, 1.82) is 0 Å². The summed E-state index contributed by atoms with van der Waals surface area (Å²) in [5, 5.41) is 9.60. The van der Waals surface area contributed by atoms with Gasteiger partial charge in [-0.3, -0.25) is 0 Å². The van der Waals surface area contributed by atoms with Gasteiger partial charge in [0.2, 0.25) is 0 Å². The lowest BCUT2D eigenvalue weighted by atomic mass is 9.94. The molecular formula is C13H26N2O3S. The number of nitrogens with zero attached hydrogens (tertiary/aromatic N) is 2. The van der Waals surface area contributed by atoms with Crippen LogP contribution in [0.15, 0.2) is 0 Å². The molecule has 4 atom stereocenters. The molecule has 112 valence electrons. The number of aliphatic hydroxyl groups excluding tert-OH is 1. The Morgan fingerprint density at radius 2 is 1.68 bits per heavy atom. The first-order valence-corrected chi connectivity index (χ1v) is 8.63. The minimum absolute atomic E-state index is 0.0782. The Morgan fingerprint density at radius 1 is 1.11 bits per heavy atom. The zero-order valence-corrected chi connectivity index (χ0v) is 12.9. The normalized spacial score (nSPS) is 36.5. The van der Waals surface area contributed by atoms with E-state index in [2.05, 4.69) is 13.8 Å². The predicted molar refractivity (Wildman–Crippen MR) is 74.8 cm³/mol. The molecule has 1 N–H and O–H groups in total. The third-order valence-corrected chi connectivity index (χ3v) is 6.29. The van der Waals surface area contributed by atoms with E-state index < -0.39 is 16.3 Å². The van der Waals surface area contributed by atoms with Crippen LogP contribution >= 0.6 is 0 Å². The second-order valence-electron chi connectivity index (χ2n) is 6.42. The van der Waals surface area contributed by atoms with Crippen molar-refractivity contribution in [3.8, 4) is 0 Å². The number of rotatable bonds is 3. The summed E-state index contributed by atoms with van der Waals surface area (Å²) in [6.45, 7) is 8.22. The molecule has 2 aliphatic rings. The maximum atomic E-state index is 12.6. The molecule has 2 fully saturated rings. The van der Waals surface area contributed by atoms with E-state index in [9.17, 15) is 13.5 Å². The van der Waals surface area contributed by atoms with Crippen LogP contribution in [-0.2, 0) is 10.2 Å². The van der Waals surface area contributed by atoms with Crippen LogP contribution in [0.5, 0.6) is 0 Å². The topological polar surface area (TPSA) is 60.9 Å². The van der Waals surface area contributed by atoms with Crippen LogP contribution in [-0.4, -0.2) is 54.4 Å². The Balaban J connectivity index is 2.06. The summed E-state index contributed by atoms with van der Waals surface area (Å²) >= 11 is 0. The number of hydrogen-bond acceptors (Lipinski definition) is 3. The molecule has 0 aromatic carbocycles. The highest BCUT2D eigenvalue weighted by Gasteiger charge is 2.39. The molecule has 0 saturated carbocycles. The molecule has 2 heterocycles. The molecule has 19 heavy (non-hydrogen) atoms. The van der Waals surface area contributed by atoms with Gasteiger partial charge in [0.15, 0.2) is 0 Å². The molecule has 2 saturated heterocycles. The van der Waals surface area contributed by atoms with Gasteiger partial charge in [0.1, 0.15) is 0 Å². The van der Waals surface area contributed by atoms with Gasteiger partial charge in [-0.25, -0.2) is 0 Å². The number of aliphatic hydroxyl groups is 1. The van der Waals surface area contributed by atoms with Crippen molar-refractivity contribution in [2.45, 2.75) is 39.7 Å². The molecule has 4 unspecified atom stereocenters. The van der Waals surface area contributed by atoms with Crippen molar-refractivity contribution in [2.75, 3.05) is 26.2 Å². The molecule has 0 spiro atoms. The van der Waals surface area contributed by atoms with Gasteiger partial charge < -0.3 is 5.11 Å². The molecule has 0 aliphatic carbocycles. The summed E-state index contributed by atoms with van der Waals surface area (Å²) in [5.74, 6) is 0.928. The highest BCUT2D eigenvalue weighted by molar-refractivity contribution is 7.86. The van der Waals surface area contributed by atoms with Gasteiger partial charge in [-0.2, -0.15) is 17.0 Å². The maximum Gasteiger partial charge on any atom is 0.282 e. The van der Waals surface area contributed by atoms with Crippen molar-refractivity contribution in [3.63, 3.8) is 0 Å². The molecule has 0 aromatic heterocycles. The van der Waals surface area contributed by atoms with E-state index in [1.807, 2.05) is 0 Å². The number of hydrogen-bond donors (Lipinski definition) is 1. The van der Waals surface area contributed by atoms with E-state index in [1.54, 1.807) is 15.5 Å². The van der Waals surface area contributed by atoms with Crippen LogP contribution in [0.3, 0.4) is 0 Å². The van der Waals surface area contributed by atoms with Gasteiger partial charge in [-0.1, -0.05) is 13.8 Å². The molecule has 6 heteroatoms. The molecule has 2 aliphatic heterocycles. The Bertz CT molecular complexity index is 400. The van der Waals surface area contributed by atoms with E-state index in [4.69, 9.17) is 0 Å². The van der Waals surface area contributed by atoms with Gasteiger partial charge >= 0.3 is 0 Å². The second-order valence-corrected chi connectivity index (χ2v) is 8.35. The highest BCUT2D eigenvalue weighted by Crippen LogP contribution is 2.28. The van der Waals surface area contributed by atoms with Crippen LogP contribution < -0.4 is 0 Å². The standard InChI is InChI=1S/C13H26N2O3S/c1-10-6-11(2)8-15(7-10)19(17,18)14-5-4-13(9-14)12(3)16/h10-13,16H,4-9H2,1-3H3. The van der Waals surface area contributed by atoms with Crippen molar-refractivity contribution in [1.82, 2.24) is 8.61 Å². The van der Waals surface area contributed by atoms with Crippen molar-refractivity contribution in [2.24, 2.45) is 17.8 Å². The Labute approximate surface area is 116 Å². The largest absolute Gasteiger partial charge is 0.393 e. The fourth-order valence-corrected chi connectivity index (χ4v) is 5.24. The first-order chi connectivity index (χ1) is 8.80. The lowest BCUT2D eigenvalue weighted by molar-refractivity contribution is 0.132. The van der Waals surface area contributed by atoms with Crippen molar-refractivity contribution in [3.05, 3.63) is 0 Å². The first-order valence-electron chi connectivity index (χ1n) is 7.24. The summed E-state index contributed by atoms with van der Waals surface area (Å²) in [5.41, 5.74) is 0. The van der Waals surface area contributed by atoms with Crippen molar-refractivity contribution >= 4 is 10.2 Å². The maximum absolute atomic E-state index is 12.6. The van der Waals surface area contributed by atoms with Gasteiger partial charge in [0, 0.05) is 26.2 Å². The minimum Gasteiger partial charge on any atom is -0.393 e. The third kappa shape index (κ3) is 3.29. The fraction of sp³-hybridized carbons (Fsp3) is 1.00. The zero-order chi connectivity index (χ0) is 14.2. The molecule has 0 amide bonds. The fourth-order valence-electron chi connectivity index (χ4n) is 3.31. The molecule has 5 nitrogen and oxygen atoms in total. The first kappa shape index (κ1) is 15.2. The third-order valence-electron chi connectivity index (χ3n) is 4.36. The zero-order valence-electron chi connectivity index (χ0n) is 12.1. The lowest BCUT2D eigenvalue weighted by Crippen LogP contribution is -2.49. The van der Waals surface area contributed by atoms with Gasteiger partial charge in [0.05, 0.1) is 6.10 Å². The molecular weight excluding hydrogens is 264 g/mol. The van der Waals surface area contributed by atoms with E-state index >= 15 is 0 Å². The molecule has 0 aromatic rings. The SMILES string of the molecule is CC1CC(C)CN(S(=O)(=O)N2CCC(C(C)O)C2)C1. The summed E-state index contributed by atoms with van der Waals surface area (Å²) in [6.07, 6.45) is 1.43. The second kappa shape index (κ2) is 5.68. The summed E-state index contributed by atoms with van der Waals surface area (Å²) in [6, 6.07) is 0. The monoisotopic (exact) mass is 290 g/mol. The lowest BCUT2D eigenvalue weighted by Gasteiger charge is -2.36. The summed E-state index contributed by atoms with van der Waals surface area (Å²) < 4.78 is 28.4. The highest BCUT2D eigenvalue weighted by atomic mass is 32.2. The van der Waals surface area contributed by atoms with Crippen LogP contribution in [0.25, 0.3) is 0 Å². The predicted octanol–water partition coefficient (Wildman–Crippen LogP) is 0.912. The van der Waals surface area contributed by atoms with Crippen LogP contribution in [0.1, 0.15) is 33.6 Å². The Morgan fingerprint density at radius 3 is 2.16 bits per heavy atom. The minimum atomic E-state index is -3.34. The van der Waals surface area contributed by atoms with E-state index in [0.29, 0.717) is 38.0 Å². The van der Waals surface area contributed by atoms with Crippen LogP contribution in [0, 0.1) is 17.8 Å². The van der Waals surface area contributed by atoms with Gasteiger partial charge in [-0.15, -0.1) is 0 Å². The van der Waals surface area contributed by atoms with Crippen molar-refractivity contribution < 1.29 is 13.5 Å². The number of piperidine rings is 1. The van der Waals surface area contributed by atoms with Crippen LogP contribution in [0.4, 0.5) is 0 Å². The molecule has 2 rings (SSSR count). The van der Waals surface area contributed by atoms with E-state index in [0.717, 1.165) is 12.8 Å². The molecule has 0 radical (unpaired) electrons. The smallest absolute Gasteiger partial charge is 0.282 e. The summed E-state index contributed by atoms with van der Waals surface area (Å²) in [7, 11) is -3.34. The van der Waals surface area contributed by atoms with Crippen LogP contribution in [0.2, 0.25) is 0 Å². The quantitative estimate of drug-likeness (QED) is 0.840. The average molecular weight is 290 g/mol. The van der Waals surface area contributed by atoms with Gasteiger partial charge in [-0.05, 0) is 37.5 Å². The van der Waals surface area contributed by atoms with Gasteiger partial charge in [0.25, 0.3) is 10.2 Å². The average Bonchev–Trinajstić information content (AvgIpc) is 2.77. The Hall–Kier alpha value is -0.170.